The van der Waals surface area contributed by atoms with Crippen molar-refractivity contribution in [3.8, 4) is 0 Å². The fourth-order valence-electron chi connectivity index (χ4n) is 4.23. The summed E-state index contributed by atoms with van der Waals surface area (Å²) in [5, 5.41) is 4.66. The molecule has 0 aromatic carbocycles. The van der Waals surface area contributed by atoms with Crippen molar-refractivity contribution in [1.29, 1.82) is 0 Å². The summed E-state index contributed by atoms with van der Waals surface area (Å²) in [6.07, 6.45) is 5.35. The quantitative estimate of drug-likeness (QED) is 0.687. The van der Waals surface area contributed by atoms with E-state index in [1.807, 2.05) is 0 Å². The lowest BCUT2D eigenvalue weighted by atomic mass is 9.63. The summed E-state index contributed by atoms with van der Waals surface area (Å²) >= 11 is 2.20. The molecule has 16 heavy (non-hydrogen) atoms. The van der Waals surface area contributed by atoms with Crippen LogP contribution in [-0.2, 0) is 0 Å². The molecule has 1 unspecified atom stereocenters. The molecule has 2 rings (SSSR count). The van der Waals surface area contributed by atoms with Crippen molar-refractivity contribution in [3.63, 3.8) is 0 Å². The predicted octanol–water partition coefficient (Wildman–Crippen LogP) is 4.03. The monoisotopic (exact) mass is 241 g/mol. The summed E-state index contributed by atoms with van der Waals surface area (Å²) in [6.45, 7) is 13.4. The van der Waals surface area contributed by atoms with Crippen LogP contribution < -0.4 is 5.32 Å². The fourth-order valence-corrected chi connectivity index (χ4v) is 6.37. The Hall–Kier alpha value is 0.310. The smallest absolute Gasteiger partial charge is 0.0658 e. The maximum absolute atomic E-state index is 3.84. The Morgan fingerprint density at radius 1 is 1.00 bits per heavy atom. The van der Waals surface area contributed by atoms with Gasteiger partial charge in [0.15, 0.2) is 0 Å². The van der Waals surface area contributed by atoms with Crippen LogP contribution in [0.3, 0.4) is 0 Å². The molecule has 1 saturated heterocycles. The molecule has 2 heteroatoms. The van der Waals surface area contributed by atoms with Gasteiger partial charge in [-0.15, -0.1) is 11.8 Å². The highest BCUT2D eigenvalue weighted by Crippen LogP contribution is 2.55. The molecule has 1 heterocycles. The van der Waals surface area contributed by atoms with Gasteiger partial charge in [-0.05, 0) is 43.1 Å². The molecule has 0 bridgehead atoms. The summed E-state index contributed by atoms with van der Waals surface area (Å²) < 4.78 is 0. The van der Waals surface area contributed by atoms with Gasteiger partial charge >= 0.3 is 0 Å². The van der Waals surface area contributed by atoms with Crippen LogP contribution in [0.4, 0.5) is 0 Å². The van der Waals surface area contributed by atoms with Gasteiger partial charge in [-0.3, -0.25) is 0 Å². The summed E-state index contributed by atoms with van der Waals surface area (Å²) in [6, 6.07) is 0. The minimum Gasteiger partial charge on any atom is -0.303 e. The van der Waals surface area contributed by atoms with E-state index >= 15 is 0 Å². The number of hydrogen-bond acceptors (Lipinski definition) is 2. The third kappa shape index (κ3) is 2.76. The second-order valence-electron chi connectivity index (χ2n) is 7.50. The van der Waals surface area contributed by atoms with Crippen molar-refractivity contribution < 1.29 is 0 Å². The van der Waals surface area contributed by atoms with E-state index in [-0.39, 0.29) is 0 Å². The molecule has 2 fully saturated rings. The van der Waals surface area contributed by atoms with Crippen LogP contribution in [0.5, 0.6) is 0 Å². The van der Waals surface area contributed by atoms with Gasteiger partial charge in [-0.25, -0.2) is 0 Å². The maximum Gasteiger partial charge on any atom is 0.0658 e. The van der Waals surface area contributed by atoms with Crippen LogP contribution in [0.1, 0.15) is 60.3 Å². The first-order chi connectivity index (χ1) is 7.22. The maximum atomic E-state index is 3.84. The first-order valence-corrected chi connectivity index (χ1v) is 7.53. The molecule has 0 aromatic rings. The zero-order valence-electron chi connectivity index (χ0n) is 11.5. The highest BCUT2D eigenvalue weighted by molar-refractivity contribution is 8.01. The largest absolute Gasteiger partial charge is 0.303 e. The van der Waals surface area contributed by atoms with Crippen LogP contribution in [0.2, 0.25) is 0 Å². The van der Waals surface area contributed by atoms with Gasteiger partial charge in [0.2, 0.25) is 0 Å². The van der Waals surface area contributed by atoms with Crippen molar-refractivity contribution in [2.75, 3.05) is 6.54 Å². The van der Waals surface area contributed by atoms with Gasteiger partial charge in [-0.2, -0.15) is 0 Å². The third-order valence-corrected chi connectivity index (χ3v) is 5.43. The molecule has 1 spiro atoms. The minimum absolute atomic E-state index is 0.364. The number of rotatable bonds is 0. The van der Waals surface area contributed by atoms with Crippen molar-refractivity contribution >= 4 is 11.8 Å². The SMILES string of the molecule is CC1CCNC2(CC(C)(C)CC(C)(C)C2)S1. The minimum atomic E-state index is 0.364. The van der Waals surface area contributed by atoms with Gasteiger partial charge in [0.05, 0.1) is 4.87 Å². The molecule has 1 nitrogen and oxygen atoms in total. The summed E-state index contributed by atoms with van der Waals surface area (Å²) in [5.74, 6) is 0. The summed E-state index contributed by atoms with van der Waals surface area (Å²) in [4.78, 5) is 0.364. The average molecular weight is 241 g/mol. The molecule has 2 aliphatic rings. The molecule has 0 amide bonds. The normalized spacial score (nSPS) is 36.2. The van der Waals surface area contributed by atoms with Crippen molar-refractivity contribution in [2.24, 2.45) is 10.8 Å². The van der Waals surface area contributed by atoms with Gasteiger partial charge < -0.3 is 5.32 Å². The van der Waals surface area contributed by atoms with E-state index in [4.69, 9.17) is 0 Å². The third-order valence-electron chi connectivity index (χ3n) is 3.91. The van der Waals surface area contributed by atoms with E-state index in [9.17, 15) is 0 Å². The molecule has 0 radical (unpaired) electrons. The number of thioether (sulfide) groups is 1. The molecule has 1 aliphatic carbocycles. The first-order valence-electron chi connectivity index (χ1n) is 6.65. The molecule has 1 aliphatic heterocycles. The molecule has 1 atom stereocenters. The number of nitrogens with one attached hydrogen (secondary N) is 1. The lowest BCUT2D eigenvalue weighted by Gasteiger charge is -2.54. The lowest BCUT2D eigenvalue weighted by molar-refractivity contribution is 0.0688. The highest BCUT2D eigenvalue weighted by atomic mass is 32.2. The molecule has 1 saturated carbocycles. The lowest BCUT2D eigenvalue weighted by Crippen LogP contribution is -2.56. The van der Waals surface area contributed by atoms with Crippen molar-refractivity contribution in [2.45, 2.75) is 70.4 Å². The van der Waals surface area contributed by atoms with Gasteiger partial charge in [0.25, 0.3) is 0 Å². The zero-order chi connectivity index (χ0) is 12.0. The molecular formula is C14H27NS. The Balaban J connectivity index is 2.20. The standard InChI is InChI=1S/C14H27NS/c1-11-6-7-15-14(16-11)9-12(2,3)8-13(4,5)10-14/h11,15H,6-10H2,1-5H3. The highest BCUT2D eigenvalue weighted by Gasteiger charge is 2.49. The van der Waals surface area contributed by atoms with E-state index in [1.165, 1.54) is 32.2 Å². The van der Waals surface area contributed by atoms with E-state index in [2.05, 4.69) is 51.7 Å². The van der Waals surface area contributed by atoms with E-state index in [0.717, 1.165) is 5.25 Å². The Morgan fingerprint density at radius 2 is 1.56 bits per heavy atom. The van der Waals surface area contributed by atoms with Gasteiger partial charge in [-0.1, -0.05) is 34.6 Å². The Labute approximate surface area is 105 Å². The molecular weight excluding hydrogens is 214 g/mol. The molecule has 94 valence electrons. The van der Waals surface area contributed by atoms with E-state index < -0.39 is 0 Å². The Morgan fingerprint density at radius 3 is 2.06 bits per heavy atom. The topological polar surface area (TPSA) is 12.0 Å². The first kappa shape index (κ1) is 12.8. The average Bonchev–Trinajstić information content (AvgIpc) is 1.94. The molecule has 0 aromatic heterocycles. The van der Waals surface area contributed by atoms with Gasteiger partial charge in [0.1, 0.15) is 0 Å². The van der Waals surface area contributed by atoms with Crippen molar-refractivity contribution in [3.05, 3.63) is 0 Å². The summed E-state index contributed by atoms with van der Waals surface area (Å²) in [5.41, 5.74) is 0.970. The predicted molar refractivity (Wildman–Crippen MR) is 73.8 cm³/mol. The van der Waals surface area contributed by atoms with Gasteiger partial charge in [0, 0.05) is 5.25 Å². The second-order valence-corrected chi connectivity index (χ2v) is 9.32. The van der Waals surface area contributed by atoms with Crippen LogP contribution in [0, 0.1) is 10.8 Å². The van der Waals surface area contributed by atoms with Crippen LogP contribution >= 0.6 is 11.8 Å². The fraction of sp³-hybridized carbons (Fsp3) is 1.00. The van der Waals surface area contributed by atoms with E-state index in [0.29, 0.717) is 15.7 Å². The Kier molecular flexibility index (Phi) is 3.12. The van der Waals surface area contributed by atoms with Crippen molar-refractivity contribution in [1.82, 2.24) is 5.32 Å². The number of hydrogen-bond donors (Lipinski definition) is 1. The van der Waals surface area contributed by atoms with E-state index in [1.54, 1.807) is 0 Å². The Bertz CT molecular complexity index is 254. The van der Waals surface area contributed by atoms with Crippen LogP contribution in [0.25, 0.3) is 0 Å². The summed E-state index contributed by atoms with van der Waals surface area (Å²) in [7, 11) is 0. The second kappa shape index (κ2) is 3.91. The zero-order valence-corrected chi connectivity index (χ0v) is 12.3. The van der Waals surface area contributed by atoms with Crippen LogP contribution in [-0.4, -0.2) is 16.7 Å². The van der Waals surface area contributed by atoms with Crippen LogP contribution in [0.15, 0.2) is 0 Å². The molecule has 1 N–H and O–H groups in total.